The molecule has 0 radical (unpaired) electrons. The second-order valence-corrected chi connectivity index (χ2v) is 6.35. The van der Waals surface area contributed by atoms with Gasteiger partial charge < -0.3 is 15.0 Å². The minimum absolute atomic E-state index is 0.131. The lowest BCUT2D eigenvalue weighted by Gasteiger charge is -2.29. The summed E-state index contributed by atoms with van der Waals surface area (Å²) in [5, 5.41) is 2.54. The Labute approximate surface area is 161 Å². The molecule has 1 atom stereocenters. The zero-order valence-corrected chi connectivity index (χ0v) is 15.7. The maximum atomic E-state index is 13.2. The molecular weight excluding hydrogens is 370 g/mol. The summed E-state index contributed by atoms with van der Waals surface area (Å²) in [4.78, 5) is 37.7. The molecule has 0 saturated heterocycles. The Morgan fingerprint density at radius 2 is 1.89 bits per heavy atom. The van der Waals surface area contributed by atoms with Gasteiger partial charge in [0.25, 0.3) is 0 Å². The van der Waals surface area contributed by atoms with Gasteiger partial charge in [0, 0.05) is 18.3 Å². The van der Waals surface area contributed by atoms with Gasteiger partial charge >= 0.3 is 5.97 Å². The molecule has 0 aliphatic carbocycles. The van der Waals surface area contributed by atoms with Crippen LogP contribution in [0, 0.1) is 11.6 Å². The predicted octanol–water partition coefficient (Wildman–Crippen LogP) is 2.25. The predicted molar refractivity (Wildman–Crippen MR) is 97.9 cm³/mol. The number of benzene rings is 1. The molecule has 0 saturated carbocycles. The number of carbonyl (C=O) groups excluding carboxylic acids is 3. The van der Waals surface area contributed by atoms with Gasteiger partial charge in [-0.05, 0) is 37.1 Å². The number of ether oxygens (including phenoxy) is 1. The van der Waals surface area contributed by atoms with Crippen LogP contribution in [-0.2, 0) is 25.5 Å². The van der Waals surface area contributed by atoms with E-state index in [0.29, 0.717) is 18.7 Å². The molecule has 1 aliphatic rings. The van der Waals surface area contributed by atoms with Crippen LogP contribution in [0.2, 0.25) is 0 Å². The number of esters is 1. The summed E-state index contributed by atoms with van der Waals surface area (Å²) >= 11 is 0. The molecule has 0 fully saturated rings. The molecule has 8 heteroatoms. The second kappa shape index (κ2) is 9.77. The Hall–Kier alpha value is -3.03. The topological polar surface area (TPSA) is 75.7 Å². The molecule has 2 rings (SSSR count). The third-order valence-electron chi connectivity index (χ3n) is 4.17. The van der Waals surface area contributed by atoms with Gasteiger partial charge in [-0.3, -0.25) is 14.4 Å². The van der Waals surface area contributed by atoms with Crippen LogP contribution in [0.1, 0.15) is 25.3 Å². The summed E-state index contributed by atoms with van der Waals surface area (Å²) in [7, 11) is 1.29. The van der Waals surface area contributed by atoms with Crippen LogP contribution >= 0.6 is 0 Å². The largest absolute Gasteiger partial charge is 0.469 e. The van der Waals surface area contributed by atoms with E-state index in [1.807, 2.05) is 0 Å². The molecule has 1 unspecified atom stereocenters. The van der Waals surface area contributed by atoms with Gasteiger partial charge in [0.05, 0.1) is 20.0 Å². The molecule has 6 nitrogen and oxygen atoms in total. The van der Waals surface area contributed by atoms with Crippen LogP contribution in [0.4, 0.5) is 8.78 Å². The highest BCUT2D eigenvalue weighted by Crippen LogP contribution is 2.17. The van der Waals surface area contributed by atoms with Crippen molar-refractivity contribution in [3.63, 3.8) is 0 Å². The number of nitrogens with one attached hydrogen (secondary N) is 1. The average molecular weight is 392 g/mol. The standard InChI is InChI=1S/C20H22F2N2O4/c1-13(23-18(25)11-14-9-15(21)12-16(22)10-14)20(27)24-8-4-3-5-17(24)6-7-19(26)28-2/h3-5,9-10,12-13H,6-8,11H2,1-2H3,(H,23,25). The van der Waals surface area contributed by atoms with Gasteiger partial charge in [-0.2, -0.15) is 0 Å². The number of hydrogen-bond acceptors (Lipinski definition) is 4. The fourth-order valence-corrected chi connectivity index (χ4v) is 2.82. The zero-order valence-electron chi connectivity index (χ0n) is 15.7. The lowest BCUT2D eigenvalue weighted by Crippen LogP contribution is -2.47. The Balaban J connectivity index is 1.96. The molecule has 2 amide bonds. The van der Waals surface area contributed by atoms with E-state index in [1.54, 1.807) is 18.2 Å². The van der Waals surface area contributed by atoms with Gasteiger partial charge in [-0.1, -0.05) is 12.2 Å². The van der Waals surface area contributed by atoms with Gasteiger partial charge in [-0.25, -0.2) is 8.78 Å². The van der Waals surface area contributed by atoms with Crippen molar-refractivity contribution < 1.29 is 27.9 Å². The van der Waals surface area contributed by atoms with Crippen molar-refractivity contribution in [3.8, 4) is 0 Å². The van der Waals surface area contributed by atoms with E-state index < -0.39 is 23.6 Å². The highest BCUT2D eigenvalue weighted by molar-refractivity contribution is 5.89. The summed E-state index contributed by atoms with van der Waals surface area (Å²) in [6.45, 7) is 1.85. The summed E-state index contributed by atoms with van der Waals surface area (Å²) < 4.78 is 31.1. The number of allylic oxidation sites excluding steroid dienone is 3. The van der Waals surface area contributed by atoms with Crippen molar-refractivity contribution in [2.45, 2.75) is 32.2 Å². The van der Waals surface area contributed by atoms with Gasteiger partial charge in [-0.15, -0.1) is 0 Å². The van der Waals surface area contributed by atoms with Crippen molar-refractivity contribution in [1.29, 1.82) is 0 Å². The van der Waals surface area contributed by atoms with E-state index in [0.717, 1.165) is 18.2 Å². The minimum atomic E-state index is -0.848. The smallest absolute Gasteiger partial charge is 0.305 e. The summed E-state index contributed by atoms with van der Waals surface area (Å²) in [6, 6.07) is 2.01. The van der Waals surface area contributed by atoms with Crippen molar-refractivity contribution in [2.75, 3.05) is 13.7 Å². The number of carbonyl (C=O) groups is 3. The SMILES string of the molecule is COC(=O)CCC1=CC=CCN1C(=O)C(C)NC(=O)Cc1cc(F)cc(F)c1. The van der Waals surface area contributed by atoms with E-state index in [-0.39, 0.29) is 30.3 Å². The lowest BCUT2D eigenvalue weighted by molar-refractivity contribution is -0.141. The number of hydrogen-bond donors (Lipinski definition) is 1. The van der Waals surface area contributed by atoms with Crippen LogP contribution in [0.15, 0.2) is 42.1 Å². The molecule has 1 aromatic carbocycles. The molecule has 1 heterocycles. The first kappa shape index (κ1) is 21.3. The molecule has 1 N–H and O–H groups in total. The first-order valence-electron chi connectivity index (χ1n) is 8.78. The van der Waals surface area contributed by atoms with Gasteiger partial charge in [0.1, 0.15) is 17.7 Å². The van der Waals surface area contributed by atoms with E-state index in [9.17, 15) is 23.2 Å². The molecule has 150 valence electrons. The Morgan fingerprint density at radius 3 is 2.54 bits per heavy atom. The van der Waals surface area contributed by atoms with Crippen molar-refractivity contribution in [2.24, 2.45) is 0 Å². The minimum Gasteiger partial charge on any atom is -0.469 e. The third-order valence-corrected chi connectivity index (χ3v) is 4.17. The first-order valence-corrected chi connectivity index (χ1v) is 8.78. The van der Waals surface area contributed by atoms with Crippen LogP contribution in [0.3, 0.4) is 0 Å². The summed E-state index contributed by atoms with van der Waals surface area (Å²) in [6.07, 6.45) is 5.51. The van der Waals surface area contributed by atoms with Gasteiger partial charge in [0.2, 0.25) is 11.8 Å². The Morgan fingerprint density at radius 1 is 1.21 bits per heavy atom. The highest BCUT2D eigenvalue weighted by atomic mass is 19.1. The zero-order chi connectivity index (χ0) is 20.7. The third kappa shape index (κ3) is 6.00. The number of nitrogens with zero attached hydrogens (tertiary/aromatic N) is 1. The van der Waals surface area contributed by atoms with E-state index >= 15 is 0 Å². The van der Waals surface area contributed by atoms with Crippen LogP contribution in [0.5, 0.6) is 0 Å². The summed E-state index contributed by atoms with van der Waals surface area (Å²) in [5.41, 5.74) is 0.820. The quantitative estimate of drug-likeness (QED) is 0.723. The first-order chi connectivity index (χ1) is 13.3. The second-order valence-electron chi connectivity index (χ2n) is 6.35. The maximum absolute atomic E-state index is 13.2. The number of rotatable bonds is 7. The van der Waals surface area contributed by atoms with E-state index in [2.05, 4.69) is 10.1 Å². The van der Waals surface area contributed by atoms with Crippen LogP contribution in [-0.4, -0.2) is 42.4 Å². The average Bonchev–Trinajstić information content (AvgIpc) is 2.64. The summed E-state index contributed by atoms with van der Waals surface area (Å²) in [5.74, 6) is -2.80. The molecule has 0 aromatic heterocycles. The Bertz CT molecular complexity index is 800. The van der Waals surface area contributed by atoms with Crippen LogP contribution < -0.4 is 5.32 Å². The number of methoxy groups -OCH3 is 1. The highest BCUT2D eigenvalue weighted by Gasteiger charge is 2.25. The lowest BCUT2D eigenvalue weighted by atomic mass is 10.1. The monoisotopic (exact) mass is 392 g/mol. The fourth-order valence-electron chi connectivity index (χ4n) is 2.82. The fraction of sp³-hybridized carbons (Fsp3) is 0.350. The molecule has 0 bridgehead atoms. The molecule has 1 aliphatic heterocycles. The van der Waals surface area contributed by atoms with E-state index in [1.165, 1.54) is 18.9 Å². The van der Waals surface area contributed by atoms with Crippen molar-refractivity contribution >= 4 is 17.8 Å². The molecule has 1 aromatic rings. The Kier molecular flexibility index (Phi) is 7.43. The van der Waals surface area contributed by atoms with Crippen molar-refractivity contribution in [3.05, 3.63) is 59.3 Å². The maximum Gasteiger partial charge on any atom is 0.305 e. The molecule has 28 heavy (non-hydrogen) atoms. The molecule has 0 spiro atoms. The van der Waals surface area contributed by atoms with Gasteiger partial charge in [0.15, 0.2) is 0 Å². The van der Waals surface area contributed by atoms with Crippen LogP contribution in [0.25, 0.3) is 0 Å². The normalized spacial score (nSPS) is 14.3. The van der Waals surface area contributed by atoms with Crippen molar-refractivity contribution in [1.82, 2.24) is 10.2 Å². The molecular formula is C20H22F2N2O4. The van der Waals surface area contributed by atoms with E-state index in [4.69, 9.17) is 0 Å². The number of halogens is 2. The number of amides is 2.